The quantitative estimate of drug-likeness (QED) is 0.665. The number of aryl methyl sites for hydroxylation is 1. The van der Waals surface area contributed by atoms with Crippen LogP contribution in [0.15, 0.2) is 18.7 Å². The molecule has 1 aromatic carbocycles. The van der Waals surface area contributed by atoms with Gasteiger partial charge in [0.05, 0.1) is 0 Å². The number of hydrogen-bond donors (Lipinski definition) is 0. The van der Waals surface area contributed by atoms with Gasteiger partial charge in [-0.2, -0.15) is 0 Å². The van der Waals surface area contributed by atoms with Crippen molar-refractivity contribution in [3.63, 3.8) is 0 Å². The number of rotatable bonds is 2. The predicted octanol–water partition coefficient (Wildman–Crippen LogP) is 5.24. The molecule has 0 aromatic heterocycles. The van der Waals surface area contributed by atoms with Gasteiger partial charge in [-0.1, -0.05) is 59.4 Å². The first-order valence-corrected chi connectivity index (χ1v) is 7.12. The third kappa shape index (κ3) is 2.02. The number of hydrogen-bond acceptors (Lipinski definition) is 0. The Morgan fingerprint density at radius 2 is 1.56 bits per heavy atom. The van der Waals surface area contributed by atoms with Crippen LogP contribution in [-0.4, -0.2) is 0 Å². The minimum atomic E-state index is 0.300. The average Bonchev–Trinajstić information content (AvgIpc) is 2.33. The monoisotopic (exact) mass is 242 g/mol. The molecule has 0 nitrogen and oxygen atoms in total. The van der Waals surface area contributed by atoms with Crippen LogP contribution in [0, 0.1) is 0 Å². The Balaban J connectivity index is 2.72. The van der Waals surface area contributed by atoms with Gasteiger partial charge in [-0.15, -0.1) is 0 Å². The van der Waals surface area contributed by atoms with Crippen LogP contribution >= 0.6 is 0 Å². The zero-order chi connectivity index (χ0) is 13.6. The van der Waals surface area contributed by atoms with Gasteiger partial charge >= 0.3 is 0 Å². The van der Waals surface area contributed by atoms with Crippen molar-refractivity contribution >= 4 is 6.08 Å². The Morgan fingerprint density at radius 1 is 1.06 bits per heavy atom. The number of benzene rings is 1. The molecular formula is C18H26. The Labute approximate surface area is 112 Å². The van der Waals surface area contributed by atoms with E-state index in [1.54, 1.807) is 5.56 Å². The van der Waals surface area contributed by atoms with E-state index >= 15 is 0 Å². The summed E-state index contributed by atoms with van der Waals surface area (Å²) in [7, 11) is 0. The molecule has 1 aliphatic carbocycles. The van der Waals surface area contributed by atoms with E-state index in [0.29, 0.717) is 10.8 Å². The lowest BCUT2D eigenvalue weighted by Gasteiger charge is -2.42. The first-order valence-electron chi connectivity index (χ1n) is 7.12. The summed E-state index contributed by atoms with van der Waals surface area (Å²) in [5, 5.41) is 0. The fourth-order valence-corrected chi connectivity index (χ4v) is 3.17. The lowest BCUT2D eigenvalue weighted by Crippen LogP contribution is -2.34. The molecule has 0 radical (unpaired) electrons. The van der Waals surface area contributed by atoms with Gasteiger partial charge in [0.15, 0.2) is 0 Å². The second kappa shape index (κ2) is 4.26. The summed E-state index contributed by atoms with van der Waals surface area (Å²) >= 11 is 0. The van der Waals surface area contributed by atoms with Crippen molar-refractivity contribution in [2.75, 3.05) is 0 Å². The molecule has 0 saturated carbocycles. The third-order valence-corrected chi connectivity index (χ3v) is 4.71. The lowest BCUT2D eigenvalue weighted by atomic mass is 9.62. The molecule has 0 saturated heterocycles. The summed E-state index contributed by atoms with van der Waals surface area (Å²) in [4.78, 5) is 0. The predicted molar refractivity (Wildman–Crippen MR) is 81.2 cm³/mol. The van der Waals surface area contributed by atoms with E-state index in [2.05, 4.69) is 53.3 Å². The summed E-state index contributed by atoms with van der Waals surface area (Å²) in [5.41, 5.74) is 6.46. The maximum atomic E-state index is 3.97. The van der Waals surface area contributed by atoms with Gasteiger partial charge in [-0.25, -0.2) is 0 Å². The van der Waals surface area contributed by atoms with Crippen molar-refractivity contribution < 1.29 is 0 Å². The summed E-state index contributed by atoms with van der Waals surface area (Å²) in [5.74, 6) is 0. The van der Waals surface area contributed by atoms with Gasteiger partial charge in [0.25, 0.3) is 0 Å². The van der Waals surface area contributed by atoms with Crippen molar-refractivity contribution in [3.05, 3.63) is 41.0 Å². The van der Waals surface area contributed by atoms with E-state index in [0.717, 1.165) is 6.42 Å². The molecule has 98 valence electrons. The normalized spacial score (nSPS) is 20.3. The van der Waals surface area contributed by atoms with E-state index in [1.165, 1.54) is 29.5 Å². The Hall–Kier alpha value is -1.04. The van der Waals surface area contributed by atoms with Crippen molar-refractivity contribution in [2.24, 2.45) is 0 Å². The summed E-state index contributed by atoms with van der Waals surface area (Å²) in [6.07, 6.45) is 5.65. The molecule has 0 spiro atoms. The summed E-state index contributed by atoms with van der Waals surface area (Å²) < 4.78 is 0. The third-order valence-electron chi connectivity index (χ3n) is 4.71. The average molecular weight is 242 g/mol. The van der Waals surface area contributed by atoms with Crippen LogP contribution in [0.25, 0.3) is 6.08 Å². The van der Waals surface area contributed by atoms with Crippen molar-refractivity contribution in [2.45, 2.75) is 64.7 Å². The zero-order valence-electron chi connectivity index (χ0n) is 12.6. The second-order valence-electron chi connectivity index (χ2n) is 6.92. The van der Waals surface area contributed by atoms with Crippen LogP contribution in [0.5, 0.6) is 0 Å². The van der Waals surface area contributed by atoms with Gasteiger partial charge in [0, 0.05) is 0 Å². The van der Waals surface area contributed by atoms with Gasteiger partial charge in [-0.3, -0.25) is 0 Å². The van der Waals surface area contributed by atoms with Crippen molar-refractivity contribution in [3.8, 4) is 0 Å². The maximum absolute atomic E-state index is 3.97. The van der Waals surface area contributed by atoms with E-state index in [1.807, 2.05) is 6.08 Å². The molecule has 0 atom stereocenters. The Morgan fingerprint density at radius 3 is 2.00 bits per heavy atom. The van der Waals surface area contributed by atoms with Crippen LogP contribution in [-0.2, 0) is 17.3 Å². The van der Waals surface area contributed by atoms with Gasteiger partial charge in [0.1, 0.15) is 0 Å². The molecule has 18 heavy (non-hydrogen) atoms. The molecule has 0 amide bonds. The van der Waals surface area contributed by atoms with Crippen LogP contribution in [0.3, 0.4) is 0 Å². The minimum absolute atomic E-state index is 0.300. The minimum Gasteiger partial charge on any atom is -0.0985 e. The van der Waals surface area contributed by atoms with Gasteiger partial charge in [-0.05, 0) is 52.3 Å². The standard InChI is InChI=1S/C18H26/c1-7-13-11-15-16(12-14(13)8-2)18(5,6)10-9-17(15,3)4/h7,11-12H,1,8-10H2,2-6H3. The zero-order valence-corrected chi connectivity index (χ0v) is 12.6. The van der Waals surface area contributed by atoms with Crippen LogP contribution in [0.4, 0.5) is 0 Å². The first kappa shape index (κ1) is 13.4. The van der Waals surface area contributed by atoms with E-state index in [4.69, 9.17) is 0 Å². The topological polar surface area (TPSA) is 0 Å². The molecular weight excluding hydrogens is 216 g/mol. The fourth-order valence-electron chi connectivity index (χ4n) is 3.17. The maximum Gasteiger partial charge on any atom is -0.0100 e. The molecule has 0 heterocycles. The van der Waals surface area contributed by atoms with Gasteiger partial charge in [0.2, 0.25) is 0 Å². The summed E-state index contributed by atoms with van der Waals surface area (Å²) in [6, 6.07) is 4.83. The Bertz CT molecular complexity index is 475. The van der Waals surface area contributed by atoms with Crippen LogP contribution < -0.4 is 0 Å². The van der Waals surface area contributed by atoms with E-state index in [-0.39, 0.29) is 0 Å². The largest absolute Gasteiger partial charge is 0.0985 e. The first-order chi connectivity index (χ1) is 8.31. The highest BCUT2D eigenvalue weighted by Crippen LogP contribution is 2.46. The van der Waals surface area contributed by atoms with Crippen molar-refractivity contribution in [1.82, 2.24) is 0 Å². The molecule has 0 fully saturated rings. The highest BCUT2D eigenvalue weighted by atomic mass is 14.4. The van der Waals surface area contributed by atoms with Gasteiger partial charge < -0.3 is 0 Å². The van der Waals surface area contributed by atoms with E-state index < -0.39 is 0 Å². The van der Waals surface area contributed by atoms with Crippen molar-refractivity contribution in [1.29, 1.82) is 0 Å². The molecule has 2 rings (SSSR count). The summed E-state index contributed by atoms with van der Waals surface area (Å²) in [6.45, 7) is 15.7. The fraction of sp³-hybridized carbons (Fsp3) is 0.556. The van der Waals surface area contributed by atoms with Crippen LogP contribution in [0.1, 0.15) is 69.7 Å². The highest BCUT2D eigenvalue weighted by Gasteiger charge is 2.37. The molecule has 0 aliphatic heterocycles. The molecule has 1 aromatic rings. The molecule has 0 unspecified atom stereocenters. The highest BCUT2D eigenvalue weighted by molar-refractivity contribution is 5.58. The molecule has 0 heteroatoms. The van der Waals surface area contributed by atoms with E-state index in [9.17, 15) is 0 Å². The Kier molecular flexibility index (Phi) is 3.17. The lowest BCUT2D eigenvalue weighted by molar-refractivity contribution is 0.331. The molecule has 0 N–H and O–H groups in total. The van der Waals surface area contributed by atoms with Crippen LogP contribution in [0.2, 0.25) is 0 Å². The SMILES string of the molecule is C=Cc1cc2c(cc1CC)C(C)(C)CCC2(C)C. The second-order valence-corrected chi connectivity index (χ2v) is 6.92. The smallest absolute Gasteiger partial charge is 0.0100 e. The molecule has 1 aliphatic rings. The molecule has 0 bridgehead atoms. The number of fused-ring (bicyclic) bond motifs is 1.